The molecule has 0 amide bonds. The average Bonchev–Trinajstić information content (AvgIpc) is 2.46. The van der Waals surface area contributed by atoms with E-state index in [9.17, 15) is 26.3 Å². The van der Waals surface area contributed by atoms with Crippen molar-refractivity contribution in [3.8, 4) is 0 Å². The maximum absolute atomic E-state index is 12.3. The molecule has 0 aliphatic heterocycles. The van der Waals surface area contributed by atoms with Crippen molar-refractivity contribution in [2.75, 3.05) is 0 Å². The van der Waals surface area contributed by atoms with Crippen LogP contribution in [-0.2, 0) is 0 Å². The van der Waals surface area contributed by atoms with Crippen molar-refractivity contribution in [1.29, 1.82) is 0 Å². The minimum Gasteiger partial charge on any atom is -0.393 e. The van der Waals surface area contributed by atoms with E-state index >= 15 is 0 Å². The molecule has 1 saturated carbocycles. The number of rotatable bonds is 1. The van der Waals surface area contributed by atoms with E-state index in [-0.39, 0.29) is 12.8 Å². The lowest BCUT2D eigenvalue weighted by atomic mass is 9.83. The van der Waals surface area contributed by atoms with Gasteiger partial charge in [0.05, 0.1) is 6.10 Å². The van der Waals surface area contributed by atoms with E-state index in [0.29, 0.717) is 0 Å². The molecule has 0 saturated heterocycles. The van der Waals surface area contributed by atoms with E-state index < -0.39 is 36.4 Å². The van der Waals surface area contributed by atoms with Crippen LogP contribution >= 0.6 is 0 Å². The van der Waals surface area contributed by atoms with Crippen LogP contribution in [0.25, 0.3) is 0 Å². The highest BCUT2D eigenvalue weighted by Crippen LogP contribution is 2.52. The van der Waals surface area contributed by atoms with Crippen molar-refractivity contribution in [1.82, 2.24) is 0 Å². The largest absolute Gasteiger partial charge is 0.426 e. The SMILES string of the molecule is O[C@H]1CCC[C@@H]1C(O)(C(F)(F)F)C(F)(F)F. The van der Waals surface area contributed by atoms with Crippen molar-refractivity contribution in [2.24, 2.45) is 5.92 Å². The molecule has 0 heterocycles. The predicted octanol–water partition coefficient (Wildman–Crippen LogP) is 2.00. The molecule has 16 heavy (non-hydrogen) atoms. The summed E-state index contributed by atoms with van der Waals surface area (Å²) in [5, 5.41) is 18.0. The van der Waals surface area contributed by atoms with Gasteiger partial charge in [-0.25, -0.2) is 0 Å². The highest BCUT2D eigenvalue weighted by atomic mass is 19.4. The number of halogens is 6. The van der Waals surface area contributed by atoms with Gasteiger partial charge < -0.3 is 10.2 Å². The summed E-state index contributed by atoms with van der Waals surface area (Å²) < 4.78 is 74.1. The van der Waals surface area contributed by atoms with Gasteiger partial charge in [0.15, 0.2) is 0 Å². The van der Waals surface area contributed by atoms with Crippen LogP contribution in [0, 0.1) is 5.92 Å². The van der Waals surface area contributed by atoms with Gasteiger partial charge >= 0.3 is 12.4 Å². The molecule has 0 radical (unpaired) electrons. The Balaban J connectivity index is 3.15. The smallest absolute Gasteiger partial charge is 0.393 e. The number of aliphatic hydroxyl groups is 2. The summed E-state index contributed by atoms with van der Waals surface area (Å²) in [6, 6.07) is 0. The van der Waals surface area contributed by atoms with Gasteiger partial charge in [-0.05, 0) is 12.8 Å². The van der Waals surface area contributed by atoms with Gasteiger partial charge in [0.25, 0.3) is 5.60 Å². The van der Waals surface area contributed by atoms with E-state index in [1.165, 1.54) is 0 Å². The van der Waals surface area contributed by atoms with Crippen molar-refractivity contribution in [2.45, 2.75) is 43.3 Å². The fraction of sp³-hybridized carbons (Fsp3) is 1.00. The summed E-state index contributed by atoms with van der Waals surface area (Å²) >= 11 is 0. The molecule has 0 aromatic rings. The molecule has 0 aromatic carbocycles. The minimum atomic E-state index is -5.85. The van der Waals surface area contributed by atoms with Crippen LogP contribution in [0.15, 0.2) is 0 Å². The number of hydrogen-bond acceptors (Lipinski definition) is 2. The third-order valence-corrected chi connectivity index (χ3v) is 2.88. The van der Waals surface area contributed by atoms with Crippen LogP contribution in [-0.4, -0.2) is 34.3 Å². The fourth-order valence-corrected chi connectivity index (χ4v) is 2.01. The first-order valence-corrected chi connectivity index (χ1v) is 4.55. The molecule has 1 aliphatic carbocycles. The van der Waals surface area contributed by atoms with E-state index in [0.717, 1.165) is 0 Å². The van der Waals surface area contributed by atoms with Gasteiger partial charge in [-0.15, -0.1) is 0 Å². The molecule has 2 nitrogen and oxygen atoms in total. The maximum atomic E-state index is 12.3. The van der Waals surface area contributed by atoms with Crippen molar-refractivity contribution >= 4 is 0 Å². The quantitative estimate of drug-likeness (QED) is 0.701. The summed E-state index contributed by atoms with van der Waals surface area (Å²) in [7, 11) is 0. The van der Waals surface area contributed by atoms with Crippen molar-refractivity contribution in [3.05, 3.63) is 0 Å². The topological polar surface area (TPSA) is 40.5 Å². The van der Waals surface area contributed by atoms with E-state index in [2.05, 4.69) is 0 Å². The Morgan fingerprint density at radius 2 is 1.31 bits per heavy atom. The molecule has 96 valence electrons. The maximum Gasteiger partial charge on any atom is 0.426 e. The predicted molar refractivity (Wildman–Crippen MR) is 40.4 cm³/mol. The van der Waals surface area contributed by atoms with Gasteiger partial charge in [-0.3, -0.25) is 0 Å². The highest BCUT2D eigenvalue weighted by Gasteiger charge is 2.74. The zero-order valence-corrected chi connectivity index (χ0v) is 7.94. The molecular formula is C8H10F6O2. The van der Waals surface area contributed by atoms with Gasteiger partial charge in [0.1, 0.15) is 0 Å². The monoisotopic (exact) mass is 252 g/mol. The Hall–Kier alpha value is -0.500. The molecule has 0 unspecified atom stereocenters. The van der Waals surface area contributed by atoms with Crippen LogP contribution in [0.3, 0.4) is 0 Å². The van der Waals surface area contributed by atoms with Gasteiger partial charge in [-0.1, -0.05) is 6.42 Å². The molecule has 8 heteroatoms. The van der Waals surface area contributed by atoms with Gasteiger partial charge in [-0.2, -0.15) is 26.3 Å². The Bertz CT molecular complexity index is 244. The van der Waals surface area contributed by atoms with Crippen LogP contribution < -0.4 is 0 Å². The van der Waals surface area contributed by atoms with Gasteiger partial charge in [0.2, 0.25) is 0 Å². The Morgan fingerprint density at radius 1 is 0.875 bits per heavy atom. The lowest BCUT2D eigenvalue weighted by molar-refractivity contribution is -0.389. The number of aliphatic hydroxyl groups excluding tert-OH is 1. The van der Waals surface area contributed by atoms with E-state index in [4.69, 9.17) is 10.2 Å². The molecule has 1 rings (SSSR count). The Labute approximate surface area is 86.9 Å². The Morgan fingerprint density at radius 3 is 1.56 bits per heavy atom. The minimum absolute atomic E-state index is 0.0281. The molecule has 1 fully saturated rings. The summed E-state index contributed by atoms with van der Waals surface area (Å²) in [6.45, 7) is 0. The first-order chi connectivity index (χ1) is 7.02. The first-order valence-electron chi connectivity index (χ1n) is 4.55. The molecule has 0 bridgehead atoms. The number of alkyl halides is 6. The highest BCUT2D eigenvalue weighted by molar-refractivity contribution is 5.03. The van der Waals surface area contributed by atoms with Crippen LogP contribution in [0.1, 0.15) is 19.3 Å². The third kappa shape index (κ3) is 1.88. The molecule has 1 aliphatic rings. The standard InChI is InChI=1S/C8H10F6O2/c9-7(10,11)6(16,8(12,13)14)4-2-1-3-5(4)15/h4-5,15-16H,1-3H2/t4-,5-/m0/s1. The molecular weight excluding hydrogens is 242 g/mol. The normalized spacial score (nSPS) is 28.5. The first kappa shape index (κ1) is 13.6. The lowest BCUT2D eigenvalue weighted by Gasteiger charge is -2.38. The molecule has 0 aromatic heterocycles. The molecule has 0 spiro atoms. The van der Waals surface area contributed by atoms with E-state index in [1.807, 2.05) is 0 Å². The molecule has 2 N–H and O–H groups in total. The number of hydrogen-bond donors (Lipinski definition) is 2. The Kier molecular flexibility index (Phi) is 3.19. The third-order valence-electron chi connectivity index (χ3n) is 2.88. The van der Waals surface area contributed by atoms with Gasteiger partial charge in [0, 0.05) is 5.92 Å². The second kappa shape index (κ2) is 3.76. The van der Waals surface area contributed by atoms with Crippen molar-refractivity contribution < 1.29 is 36.6 Å². The summed E-state index contributed by atoms with van der Waals surface area (Å²) in [4.78, 5) is 0. The zero-order valence-electron chi connectivity index (χ0n) is 7.94. The fourth-order valence-electron chi connectivity index (χ4n) is 2.01. The molecule has 2 atom stereocenters. The van der Waals surface area contributed by atoms with Crippen LogP contribution in [0.4, 0.5) is 26.3 Å². The summed E-state index contributed by atoms with van der Waals surface area (Å²) in [6.07, 6.45) is -14.1. The van der Waals surface area contributed by atoms with E-state index in [1.54, 1.807) is 0 Å². The van der Waals surface area contributed by atoms with Crippen LogP contribution in [0.5, 0.6) is 0 Å². The van der Waals surface area contributed by atoms with Crippen LogP contribution in [0.2, 0.25) is 0 Å². The average molecular weight is 252 g/mol. The summed E-state index contributed by atoms with van der Waals surface area (Å²) in [5.41, 5.74) is -4.82. The zero-order chi connectivity index (χ0) is 12.8. The van der Waals surface area contributed by atoms with Crippen molar-refractivity contribution in [3.63, 3.8) is 0 Å². The second-order valence-corrected chi connectivity index (χ2v) is 3.87. The second-order valence-electron chi connectivity index (χ2n) is 3.87. The summed E-state index contributed by atoms with van der Waals surface area (Å²) in [5.74, 6) is -2.24. The lowest BCUT2D eigenvalue weighted by Crippen LogP contribution is -2.63.